The van der Waals surface area contributed by atoms with E-state index in [4.69, 9.17) is 0 Å². The number of aryl methyl sites for hydroxylation is 1. The summed E-state index contributed by atoms with van der Waals surface area (Å²) in [5, 5.41) is 3.37. The van der Waals surface area contributed by atoms with Gasteiger partial charge in [-0.1, -0.05) is 6.92 Å². The Morgan fingerprint density at radius 3 is 2.78 bits per heavy atom. The van der Waals surface area contributed by atoms with Gasteiger partial charge in [0.2, 0.25) is 0 Å². The molecular formula is C14H23N3O. The van der Waals surface area contributed by atoms with Crippen LogP contribution in [0.2, 0.25) is 0 Å². The lowest BCUT2D eigenvalue weighted by Gasteiger charge is -2.33. The van der Waals surface area contributed by atoms with E-state index in [1.807, 2.05) is 29.9 Å². The number of aromatic nitrogens is 1. The molecule has 1 aliphatic heterocycles. The summed E-state index contributed by atoms with van der Waals surface area (Å²) < 4.78 is 1.90. The van der Waals surface area contributed by atoms with Crippen LogP contribution < -0.4 is 5.32 Å². The number of nitrogens with zero attached hydrogens (tertiary/aromatic N) is 2. The molecule has 0 atom stereocenters. The number of carbonyl (C=O) groups excluding carboxylic acids is 1. The van der Waals surface area contributed by atoms with Crippen molar-refractivity contribution in [1.29, 1.82) is 0 Å². The third kappa shape index (κ3) is 3.00. The van der Waals surface area contributed by atoms with E-state index in [1.165, 1.54) is 0 Å². The Hall–Kier alpha value is -1.13. The highest BCUT2D eigenvalue weighted by molar-refractivity contribution is 5.96. The Kier molecular flexibility index (Phi) is 4.55. The second kappa shape index (κ2) is 6.16. The largest absolute Gasteiger partial charge is 0.348 e. The maximum atomic E-state index is 12.3. The first kappa shape index (κ1) is 13.3. The number of carbonyl (C=O) groups is 1. The first-order valence-corrected chi connectivity index (χ1v) is 6.81. The molecule has 1 aromatic rings. The first-order chi connectivity index (χ1) is 8.72. The van der Waals surface area contributed by atoms with Crippen molar-refractivity contribution >= 4 is 5.78 Å². The highest BCUT2D eigenvalue weighted by Crippen LogP contribution is 2.13. The summed E-state index contributed by atoms with van der Waals surface area (Å²) >= 11 is 0. The zero-order valence-corrected chi connectivity index (χ0v) is 11.4. The fourth-order valence-corrected chi connectivity index (χ4v) is 2.69. The summed E-state index contributed by atoms with van der Waals surface area (Å²) in [7, 11) is 1.92. The first-order valence-electron chi connectivity index (χ1n) is 6.81. The van der Waals surface area contributed by atoms with Gasteiger partial charge in [-0.25, -0.2) is 0 Å². The summed E-state index contributed by atoms with van der Waals surface area (Å²) in [5.74, 6) is 0.225. The highest BCUT2D eigenvalue weighted by Gasteiger charge is 2.22. The molecule has 1 fully saturated rings. The van der Waals surface area contributed by atoms with Crippen LogP contribution in [0.15, 0.2) is 18.3 Å². The molecular weight excluding hydrogens is 226 g/mol. The molecule has 0 bridgehead atoms. The molecule has 1 saturated heterocycles. The quantitative estimate of drug-likeness (QED) is 0.799. The maximum Gasteiger partial charge on any atom is 0.193 e. The van der Waals surface area contributed by atoms with Gasteiger partial charge in [-0.05, 0) is 44.6 Å². The summed E-state index contributed by atoms with van der Waals surface area (Å²) in [4.78, 5) is 14.6. The molecule has 0 unspecified atom stereocenters. The molecule has 0 spiro atoms. The van der Waals surface area contributed by atoms with E-state index in [1.54, 1.807) is 0 Å². The third-order valence-electron chi connectivity index (χ3n) is 3.81. The molecule has 1 aromatic heterocycles. The number of ketones is 1. The lowest BCUT2D eigenvalue weighted by atomic mass is 10.0. The Labute approximate surface area is 109 Å². The van der Waals surface area contributed by atoms with E-state index in [0.29, 0.717) is 12.6 Å². The minimum Gasteiger partial charge on any atom is -0.348 e. The van der Waals surface area contributed by atoms with E-state index >= 15 is 0 Å². The molecule has 4 heteroatoms. The molecule has 2 heterocycles. The molecule has 1 aliphatic rings. The van der Waals surface area contributed by atoms with Gasteiger partial charge in [0.05, 0.1) is 12.2 Å². The molecule has 1 N–H and O–H groups in total. The second-order valence-electron chi connectivity index (χ2n) is 4.97. The van der Waals surface area contributed by atoms with Crippen molar-refractivity contribution in [3.05, 3.63) is 24.0 Å². The SMILES string of the molecule is CCN(CC(=O)c1cccn1C)C1CCNCC1. The van der Waals surface area contributed by atoms with Crippen LogP contribution in [0.1, 0.15) is 30.3 Å². The van der Waals surface area contributed by atoms with Crippen molar-refractivity contribution in [2.75, 3.05) is 26.2 Å². The summed E-state index contributed by atoms with van der Waals surface area (Å²) in [6, 6.07) is 4.38. The normalized spacial score (nSPS) is 17.3. The van der Waals surface area contributed by atoms with Gasteiger partial charge >= 0.3 is 0 Å². The molecule has 0 aliphatic carbocycles. The maximum absolute atomic E-state index is 12.3. The van der Waals surface area contributed by atoms with Crippen molar-refractivity contribution in [1.82, 2.24) is 14.8 Å². The van der Waals surface area contributed by atoms with E-state index < -0.39 is 0 Å². The Morgan fingerprint density at radius 2 is 2.22 bits per heavy atom. The standard InChI is InChI=1S/C14H23N3O/c1-3-17(12-6-8-15-9-7-12)11-14(18)13-5-4-10-16(13)2/h4-5,10,12,15H,3,6-9,11H2,1-2H3. The van der Waals surface area contributed by atoms with Gasteiger partial charge in [0.1, 0.15) is 0 Å². The van der Waals surface area contributed by atoms with E-state index in [2.05, 4.69) is 17.1 Å². The second-order valence-corrected chi connectivity index (χ2v) is 4.97. The molecule has 0 saturated carbocycles. The van der Waals surface area contributed by atoms with Gasteiger partial charge in [0.15, 0.2) is 5.78 Å². The van der Waals surface area contributed by atoms with Crippen molar-refractivity contribution in [3.8, 4) is 0 Å². The van der Waals surface area contributed by atoms with Gasteiger partial charge in [0, 0.05) is 19.3 Å². The highest BCUT2D eigenvalue weighted by atomic mass is 16.1. The number of piperidine rings is 1. The van der Waals surface area contributed by atoms with Gasteiger partial charge in [0.25, 0.3) is 0 Å². The monoisotopic (exact) mass is 249 g/mol. The predicted octanol–water partition coefficient (Wildman–Crippen LogP) is 1.28. The number of nitrogens with one attached hydrogen (secondary N) is 1. The van der Waals surface area contributed by atoms with E-state index in [9.17, 15) is 4.79 Å². The summed E-state index contributed by atoms with van der Waals surface area (Å²) in [5.41, 5.74) is 0.808. The van der Waals surface area contributed by atoms with Gasteiger partial charge in [-0.3, -0.25) is 9.69 Å². The third-order valence-corrected chi connectivity index (χ3v) is 3.81. The molecule has 2 rings (SSSR count). The van der Waals surface area contributed by atoms with Crippen LogP contribution in [0.3, 0.4) is 0 Å². The number of Topliss-reactive ketones (excluding diaryl/α,β-unsaturated/α-hetero) is 1. The Morgan fingerprint density at radius 1 is 1.50 bits per heavy atom. The summed E-state index contributed by atoms with van der Waals surface area (Å²) in [6.45, 7) is 5.76. The van der Waals surface area contributed by atoms with Crippen molar-refractivity contribution in [2.45, 2.75) is 25.8 Å². The minimum absolute atomic E-state index is 0.225. The molecule has 4 nitrogen and oxygen atoms in total. The molecule has 18 heavy (non-hydrogen) atoms. The molecule has 0 aromatic carbocycles. The van der Waals surface area contributed by atoms with Crippen LogP contribution in [0.25, 0.3) is 0 Å². The van der Waals surface area contributed by atoms with Gasteiger partial charge in [-0.2, -0.15) is 0 Å². The molecule has 100 valence electrons. The molecule has 0 radical (unpaired) electrons. The van der Waals surface area contributed by atoms with Crippen LogP contribution in [0.4, 0.5) is 0 Å². The lowest BCUT2D eigenvalue weighted by Crippen LogP contribution is -2.45. The molecule has 0 amide bonds. The van der Waals surface area contributed by atoms with Crippen LogP contribution in [0, 0.1) is 0 Å². The van der Waals surface area contributed by atoms with E-state index in [0.717, 1.165) is 38.2 Å². The van der Waals surface area contributed by atoms with Crippen molar-refractivity contribution in [3.63, 3.8) is 0 Å². The topological polar surface area (TPSA) is 37.3 Å². The Bertz CT molecular complexity index is 393. The van der Waals surface area contributed by atoms with Gasteiger partial charge in [-0.15, -0.1) is 0 Å². The number of rotatable bonds is 5. The summed E-state index contributed by atoms with van der Waals surface area (Å²) in [6.07, 6.45) is 4.22. The fraction of sp³-hybridized carbons (Fsp3) is 0.643. The fourth-order valence-electron chi connectivity index (χ4n) is 2.69. The van der Waals surface area contributed by atoms with Crippen LogP contribution in [-0.4, -0.2) is 47.5 Å². The average molecular weight is 249 g/mol. The zero-order valence-electron chi connectivity index (χ0n) is 11.4. The number of hydrogen-bond acceptors (Lipinski definition) is 3. The lowest BCUT2D eigenvalue weighted by molar-refractivity contribution is 0.0866. The number of hydrogen-bond donors (Lipinski definition) is 1. The zero-order chi connectivity index (χ0) is 13.0. The van der Waals surface area contributed by atoms with E-state index in [-0.39, 0.29) is 5.78 Å². The van der Waals surface area contributed by atoms with Crippen LogP contribution in [0.5, 0.6) is 0 Å². The minimum atomic E-state index is 0.225. The Balaban J connectivity index is 1.97. The van der Waals surface area contributed by atoms with Crippen LogP contribution in [-0.2, 0) is 7.05 Å². The van der Waals surface area contributed by atoms with Gasteiger partial charge < -0.3 is 9.88 Å². The smallest absolute Gasteiger partial charge is 0.193 e. The van der Waals surface area contributed by atoms with Crippen LogP contribution >= 0.6 is 0 Å². The van der Waals surface area contributed by atoms with Crippen molar-refractivity contribution in [2.24, 2.45) is 7.05 Å². The van der Waals surface area contributed by atoms with Crippen molar-refractivity contribution < 1.29 is 4.79 Å². The number of likely N-dealkylation sites (N-methyl/N-ethyl adjacent to an activating group) is 1. The predicted molar refractivity (Wildman–Crippen MR) is 72.9 cm³/mol. The average Bonchev–Trinajstić information content (AvgIpc) is 2.83.